The molecule has 2 heterocycles. The zero-order valence-corrected chi connectivity index (χ0v) is 14.4. The average Bonchev–Trinajstić information content (AvgIpc) is 3.04. The van der Waals surface area contributed by atoms with Crippen molar-refractivity contribution in [2.45, 2.75) is 25.6 Å². The predicted octanol–water partition coefficient (Wildman–Crippen LogP) is 4.32. The van der Waals surface area contributed by atoms with Crippen LogP contribution >= 0.6 is 11.3 Å². The highest BCUT2D eigenvalue weighted by atomic mass is 32.1. The number of halogens is 3. The van der Waals surface area contributed by atoms with E-state index >= 15 is 0 Å². The van der Waals surface area contributed by atoms with Crippen LogP contribution in [0.4, 0.5) is 13.2 Å². The van der Waals surface area contributed by atoms with Gasteiger partial charge in [-0.3, -0.25) is 4.90 Å². The van der Waals surface area contributed by atoms with Crippen molar-refractivity contribution in [3.8, 4) is 0 Å². The topological polar surface area (TPSA) is 15.3 Å². The summed E-state index contributed by atoms with van der Waals surface area (Å²) in [5, 5.41) is 3.31. The predicted molar refractivity (Wildman–Crippen MR) is 91.4 cm³/mol. The van der Waals surface area contributed by atoms with Crippen LogP contribution in [-0.4, -0.2) is 31.1 Å². The maximum absolute atomic E-state index is 13.1. The van der Waals surface area contributed by atoms with Crippen LogP contribution in [0.3, 0.4) is 0 Å². The molecule has 1 aliphatic rings. The van der Waals surface area contributed by atoms with E-state index < -0.39 is 11.7 Å². The third-order valence-electron chi connectivity index (χ3n) is 4.35. The van der Waals surface area contributed by atoms with Gasteiger partial charge in [-0.1, -0.05) is 19.1 Å². The van der Waals surface area contributed by atoms with Crippen molar-refractivity contribution in [2.24, 2.45) is 0 Å². The lowest BCUT2D eigenvalue weighted by molar-refractivity contribution is -0.137. The molecular weight excluding hydrogens is 333 g/mol. The molecule has 1 unspecified atom stereocenters. The van der Waals surface area contributed by atoms with Gasteiger partial charge in [-0.05, 0) is 36.2 Å². The quantitative estimate of drug-likeness (QED) is 0.879. The number of nitrogens with zero attached hydrogens (tertiary/aromatic N) is 1. The third-order valence-corrected chi connectivity index (χ3v) is 5.63. The molecule has 2 nitrogen and oxygen atoms in total. The summed E-state index contributed by atoms with van der Waals surface area (Å²) >= 11 is 1.70. The van der Waals surface area contributed by atoms with Crippen molar-refractivity contribution in [2.75, 3.05) is 26.2 Å². The van der Waals surface area contributed by atoms with E-state index in [9.17, 15) is 13.2 Å². The monoisotopic (exact) mass is 354 g/mol. The third kappa shape index (κ3) is 3.82. The van der Waals surface area contributed by atoms with Crippen molar-refractivity contribution in [1.82, 2.24) is 10.2 Å². The normalized spacial score (nSPS) is 17.8. The molecule has 1 atom stereocenters. The Hall–Kier alpha value is -1.37. The van der Waals surface area contributed by atoms with Crippen molar-refractivity contribution in [3.63, 3.8) is 0 Å². The Morgan fingerprint density at radius 2 is 1.92 bits per heavy atom. The molecule has 0 bridgehead atoms. The first-order valence-corrected chi connectivity index (χ1v) is 9.01. The molecule has 1 saturated heterocycles. The SMILES string of the molecule is CCc1ccc(C(c2cccc(C(F)(F)F)c2)N2CCNCC2)s1. The smallest absolute Gasteiger partial charge is 0.314 e. The average molecular weight is 354 g/mol. The van der Waals surface area contributed by atoms with Gasteiger partial charge >= 0.3 is 6.18 Å². The van der Waals surface area contributed by atoms with Gasteiger partial charge in [0.1, 0.15) is 0 Å². The number of piperazine rings is 1. The molecule has 130 valence electrons. The van der Waals surface area contributed by atoms with Crippen LogP contribution in [0.2, 0.25) is 0 Å². The zero-order chi connectivity index (χ0) is 17.2. The summed E-state index contributed by atoms with van der Waals surface area (Å²) in [4.78, 5) is 4.65. The van der Waals surface area contributed by atoms with Crippen LogP contribution in [0.1, 0.15) is 33.8 Å². The van der Waals surface area contributed by atoms with Crippen LogP contribution in [0.5, 0.6) is 0 Å². The second kappa shape index (κ2) is 7.25. The van der Waals surface area contributed by atoms with Gasteiger partial charge in [0, 0.05) is 35.9 Å². The molecule has 1 aromatic heterocycles. The van der Waals surface area contributed by atoms with E-state index in [2.05, 4.69) is 29.3 Å². The second-order valence-corrected chi connectivity index (χ2v) is 7.17. The first kappa shape index (κ1) is 17.5. The maximum atomic E-state index is 13.1. The highest BCUT2D eigenvalue weighted by Gasteiger charge is 2.32. The van der Waals surface area contributed by atoms with E-state index in [0.29, 0.717) is 0 Å². The van der Waals surface area contributed by atoms with Gasteiger partial charge in [0.15, 0.2) is 0 Å². The van der Waals surface area contributed by atoms with Gasteiger partial charge in [0.2, 0.25) is 0 Å². The van der Waals surface area contributed by atoms with Crippen LogP contribution in [-0.2, 0) is 12.6 Å². The molecule has 0 aliphatic carbocycles. The molecule has 1 N–H and O–H groups in total. The number of hydrogen-bond acceptors (Lipinski definition) is 3. The lowest BCUT2D eigenvalue weighted by Gasteiger charge is -2.35. The molecule has 3 rings (SSSR count). The Morgan fingerprint density at radius 3 is 2.54 bits per heavy atom. The molecule has 0 saturated carbocycles. The fourth-order valence-corrected chi connectivity index (χ4v) is 4.23. The first-order chi connectivity index (χ1) is 11.5. The minimum Gasteiger partial charge on any atom is -0.314 e. The second-order valence-electron chi connectivity index (χ2n) is 5.97. The summed E-state index contributed by atoms with van der Waals surface area (Å²) in [7, 11) is 0. The zero-order valence-electron chi connectivity index (χ0n) is 13.6. The number of rotatable bonds is 4. The fourth-order valence-electron chi connectivity index (χ4n) is 3.11. The van der Waals surface area contributed by atoms with Gasteiger partial charge in [-0.2, -0.15) is 13.2 Å². The molecule has 1 aliphatic heterocycles. The van der Waals surface area contributed by atoms with E-state index in [-0.39, 0.29) is 6.04 Å². The summed E-state index contributed by atoms with van der Waals surface area (Å²) in [5.74, 6) is 0. The standard InChI is InChI=1S/C18H21F3N2S/c1-2-15-6-7-16(24-15)17(23-10-8-22-9-11-23)13-4-3-5-14(12-13)18(19,20)21/h3-7,12,17,22H,2,8-11H2,1H3. The number of thiophene rings is 1. The largest absolute Gasteiger partial charge is 0.416 e. The molecule has 1 fully saturated rings. The molecule has 24 heavy (non-hydrogen) atoms. The Bertz CT molecular complexity index is 675. The molecule has 1 aromatic carbocycles. The van der Waals surface area contributed by atoms with Crippen molar-refractivity contribution in [3.05, 3.63) is 57.3 Å². The number of hydrogen-bond donors (Lipinski definition) is 1. The summed E-state index contributed by atoms with van der Waals surface area (Å²) in [6.45, 7) is 5.49. The molecule has 0 radical (unpaired) electrons. The number of nitrogens with one attached hydrogen (secondary N) is 1. The minimum atomic E-state index is -4.31. The van der Waals surface area contributed by atoms with E-state index in [0.717, 1.165) is 49.1 Å². The van der Waals surface area contributed by atoms with E-state index in [1.165, 1.54) is 17.0 Å². The minimum absolute atomic E-state index is 0.111. The Kier molecular flexibility index (Phi) is 5.27. The van der Waals surface area contributed by atoms with Crippen LogP contribution < -0.4 is 5.32 Å². The van der Waals surface area contributed by atoms with E-state index in [1.54, 1.807) is 11.3 Å². The Labute approximate surface area is 144 Å². The molecule has 0 amide bonds. The van der Waals surface area contributed by atoms with Crippen molar-refractivity contribution >= 4 is 11.3 Å². The Balaban J connectivity index is 2.00. The summed E-state index contributed by atoms with van der Waals surface area (Å²) < 4.78 is 39.3. The summed E-state index contributed by atoms with van der Waals surface area (Å²) in [6.07, 6.45) is -3.37. The summed E-state index contributed by atoms with van der Waals surface area (Å²) in [5.41, 5.74) is 0.142. The van der Waals surface area contributed by atoms with Gasteiger partial charge < -0.3 is 5.32 Å². The summed E-state index contributed by atoms with van der Waals surface area (Å²) in [6, 6.07) is 9.82. The van der Waals surface area contributed by atoms with E-state index in [4.69, 9.17) is 0 Å². The molecule has 6 heteroatoms. The van der Waals surface area contributed by atoms with Crippen LogP contribution in [0.15, 0.2) is 36.4 Å². The van der Waals surface area contributed by atoms with Gasteiger partial charge in [0.05, 0.1) is 11.6 Å². The number of aryl methyl sites for hydroxylation is 1. The van der Waals surface area contributed by atoms with Gasteiger partial charge in [0.25, 0.3) is 0 Å². The van der Waals surface area contributed by atoms with Crippen LogP contribution in [0, 0.1) is 0 Å². The van der Waals surface area contributed by atoms with Crippen molar-refractivity contribution in [1.29, 1.82) is 0 Å². The van der Waals surface area contributed by atoms with Gasteiger partial charge in [-0.25, -0.2) is 0 Å². The lowest BCUT2D eigenvalue weighted by Crippen LogP contribution is -2.45. The molecule has 2 aromatic rings. The highest BCUT2D eigenvalue weighted by Crippen LogP contribution is 2.37. The molecule has 0 spiro atoms. The Morgan fingerprint density at radius 1 is 1.17 bits per heavy atom. The lowest BCUT2D eigenvalue weighted by atomic mass is 10.00. The number of alkyl halides is 3. The first-order valence-electron chi connectivity index (χ1n) is 8.19. The highest BCUT2D eigenvalue weighted by molar-refractivity contribution is 7.12. The van der Waals surface area contributed by atoms with Crippen LogP contribution in [0.25, 0.3) is 0 Å². The van der Waals surface area contributed by atoms with E-state index in [1.807, 2.05) is 6.07 Å². The van der Waals surface area contributed by atoms with Gasteiger partial charge in [-0.15, -0.1) is 11.3 Å². The maximum Gasteiger partial charge on any atom is 0.416 e. The fraction of sp³-hybridized carbons (Fsp3) is 0.444. The number of benzene rings is 1. The molecular formula is C18H21F3N2S. The van der Waals surface area contributed by atoms with Crippen molar-refractivity contribution < 1.29 is 13.2 Å².